The summed E-state index contributed by atoms with van der Waals surface area (Å²) in [4.78, 5) is 13.0. The second-order valence-corrected chi connectivity index (χ2v) is 9.26. The number of aryl methyl sites for hydroxylation is 1. The summed E-state index contributed by atoms with van der Waals surface area (Å²) < 4.78 is 8.73. The topological polar surface area (TPSA) is 68.1 Å². The quantitative estimate of drug-likeness (QED) is 0.483. The third kappa shape index (κ3) is 3.88. The van der Waals surface area contributed by atoms with Crippen LogP contribution in [0.25, 0.3) is 21.3 Å². The summed E-state index contributed by atoms with van der Waals surface area (Å²) in [6.07, 6.45) is 8.05. The number of nitrogens with zero attached hydrogens (tertiary/aromatic N) is 5. The van der Waals surface area contributed by atoms with E-state index in [0.717, 1.165) is 58.7 Å². The van der Waals surface area contributed by atoms with Crippen LogP contribution in [0.15, 0.2) is 42.9 Å². The van der Waals surface area contributed by atoms with Gasteiger partial charge in [0, 0.05) is 22.2 Å². The minimum Gasteiger partial charge on any atom is -0.496 e. The molecule has 0 atom stereocenters. The number of para-hydroxylation sites is 1. The Morgan fingerprint density at radius 2 is 1.97 bits per heavy atom. The second kappa shape index (κ2) is 8.28. The third-order valence-corrected chi connectivity index (χ3v) is 6.93. The smallest absolute Gasteiger partial charge is 0.227 e. The molecule has 8 heteroatoms. The van der Waals surface area contributed by atoms with Gasteiger partial charge in [0.1, 0.15) is 5.75 Å². The van der Waals surface area contributed by atoms with Crippen molar-refractivity contribution >= 4 is 33.2 Å². The fourth-order valence-corrected chi connectivity index (χ4v) is 5.22. The molecule has 0 saturated carbocycles. The predicted octanol–water partition coefficient (Wildman–Crippen LogP) is 4.88. The Morgan fingerprint density at radius 3 is 2.77 bits per heavy atom. The van der Waals surface area contributed by atoms with Crippen molar-refractivity contribution < 1.29 is 4.74 Å². The number of anilines is 2. The summed E-state index contributed by atoms with van der Waals surface area (Å²) in [5.74, 6) is 1.42. The average molecular weight is 435 g/mol. The van der Waals surface area contributed by atoms with E-state index in [2.05, 4.69) is 51.2 Å². The maximum absolute atomic E-state index is 5.60. The molecule has 1 aliphatic rings. The SMILES string of the molecule is COc1ccccc1-c1c(C)sc2cnc(Nc3cnn(C4CCN(C)CC4)c3)nc12. The first kappa shape index (κ1) is 20.0. The van der Waals surface area contributed by atoms with Gasteiger partial charge in [-0.1, -0.05) is 18.2 Å². The first-order valence-corrected chi connectivity index (χ1v) is 11.3. The van der Waals surface area contributed by atoms with E-state index in [1.807, 2.05) is 30.6 Å². The summed E-state index contributed by atoms with van der Waals surface area (Å²) in [6.45, 7) is 4.33. The molecule has 1 fully saturated rings. The Morgan fingerprint density at radius 1 is 1.16 bits per heavy atom. The second-order valence-electron chi connectivity index (χ2n) is 8.01. The lowest BCUT2D eigenvalue weighted by atomic mass is 10.0. The normalized spacial score (nSPS) is 15.5. The maximum atomic E-state index is 5.60. The highest BCUT2D eigenvalue weighted by molar-refractivity contribution is 7.19. The Balaban J connectivity index is 1.44. The largest absolute Gasteiger partial charge is 0.496 e. The molecular weight excluding hydrogens is 408 g/mol. The standard InChI is InChI=1S/C23H26N6OS/c1-15-21(18-6-4-5-7-19(18)30-3)22-20(31-15)13-24-23(27-22)26-16-12-25-29(14-16)17-8-10-28(2)11-9-17/h4-7,12-14,17H,8-11H2,1-3H3,(H,24,26,27). The van der Waals surface area contributed by atoms with Crippen LogP contribution in [0.2, 0.25) is 0 Å². The van der Waals surface area contributed by atoms with Crippen LogP contribution in [0.5, 0.6) is 5.75 Å². The van der Waals surface area contributed by atoms with Gasteiger partial charge in [-0.15, -0.1) is 11.3 Å². The van der Waals surface area contributed by atoms with Crippen LogP contribution in [0.4, 0.5) is 11.6 Å². The van der Waals surface area contributed by atoms with Crippen molar-refractivity contribution in [2.75, 3.05) is 32.6 Å². The predicted molar refractivity (Wildman–Crippen MR) is 125 cm³/mol. The molecule has 0 aliphatic carbocycles. The number of ether oxygens (including phenoxy) is 1. The number of fused-ring (bicyclic) bond motifs is 1. The fraction of sp³-hybridized carbons (Fsp3) is 0.348. The summed E-state index contributed by atoms with van der Waals surface area (Å²) in [6, 6.07) is 8.52. The first-order valence-electron chi connectivity index (χ1n) is 10.5. The molecule has 4 aromatic rings. The van der Waals surface area contributed by atoms with Crippen molar-refractivity contribution in [3.63, 3.8) is 0 Å². The van der Waals surface area contributed by atoms with Gasteiger partial charge in [0.2, 0.25) is 5.95 Å². The molecule has 160 valence electrons. The molecule has 0 radical (unpaired) electrons. The maximum Gasteiger partial charge on any atom is 0.227 e. The highest BCUT2D eigenvalue weighted by Crippen LogP contribution is 2.41. The van der Waals surface area contributed by atoms with Gasteiger partial charge in [-0.25, -0.2) is 9.97 Å². The van der Waals surface area contributed by atoms with Crippen molar-refractivity contribution in [3.8, 4) is 16.9 Å². The van der Waals surface area contributed by atoms with Crippen LogP contribution in [-0.4, -0.2) is 51.9 Å². The monoisotopic (exact) mass is 434 g/mol. The molecule has 0 amide bonds. The van der Waals surface area contributed by atoms with Gasteiger partial charge in [0.05, 0.1) is 41.4 Å². The summed E-state index contributed by atoms with van der Waals surface area (Å²) in [5, 5.41) is 7.92. The van der Waals surface area contributed by atoms with Crippen LogP contribution >= 0.6 is 11.3 Å². The highest BCUT2D eigenvalue weighted by atomic mass is 32.1. The number of methoxy groups -OCH3 is 1. The lowest BCUT2D eigenvalue weighted by Gasteiger charge is -2.28. The van der Waals surface area contributed by atoms with E-state index in [1.54, 1.807) is 18.4 Å². The number of aromatic nitrogens is 4. The van der Waals surface area contributed by atoms with E-state index in [-0.39, 0.29) is 0 Å². The molecule has 0 spiro atoms. The molecule has 7 nitrogen and oxygen atoms in total. The van der Waals surface area contributed by atoms with Gasteiger partial charge in [-0.2, -0.15) is 5.10 Å². The van der Waals surface area contributed by atoms with Crippen molar-refractivity contribution in [3.05, 3.63) is 47.7 Å². The number of likely N-dealkylation sites (tertiary alicyclic amines) is 1. The van der Waals surface area contributed by atoms with Crippen LogP contribution in [0, 0.1) is 6.92 Å². The number of benzene rings is 1. The molecule has 1 aliphatic heterocycles. The van der Waals surface area contributed by atoms with Crippen LogP contribution in [0.3, 0.4) is 0 Å². The molecule has 31 heavy (non-hydrogen) atoms. The van der Waals surface area contributed by atoms with Gasteiger partial charge in [0.15, 0.2) is 0 Å². The first-order chi connectivity index (χ1) is 15.1. The van der Waals surface area contributed by atoms with Gasteiger partial charge in [0.25, 0.3) is 0 Å². The number of hydrogen-bond donors (Lipinski definition) is 1. The zero-order valence-corrected chi connectivity index (χ0v) is 18.8. The lowest BCUT2D eigenvalue weighted by molar-refractivity contribution is 0.212. The van der Waals surface area contributed by atoms with Crippen molar-refractivity contribution in [2.45, 2.75) is 25.8 Å². The molecule has 0 bridgehead atoms. The van der Waals surface area contributed by atoms with Crippen LogP contribution in [-0.2, 0) is 0 Å². The number of nitrogens with one attached hydrogen (secondary N) is 1. The minimum absolute atomic E-state index is 0.451. The van der Waals surface area contributed by atoms with Crippen molar-refractivity contribution in [1.82, 2.24) is 24.6 Å². The fourth-order valence-electron chi connectivity index (χ4n) is 4.23. The Kier molecular flexibility index (Phi) is 5.33. The molecule has 5 rings (SSSR count). The number of rotatable bonds is 5. The molecular formula is C23H26N6OS. The van der Waals surface area contributed by atoms with Crippen molar-refractivity contribution in [1.29, 1.82) is 0 Å². The summed E-state index contributed by atoms with van der Waals surface area (Å²) in [5.41, 5.74) is 4.00. The van der Waals surface area contributed by atoms with E-state index in [1.165, 1.54) is 4.88 Å². The van der Waals surface area contributed by atoms with Gasteiger partial charge in [-0.3, -0.25) is 4.68 Å². The van der Waals surface area contributed by atoms with E-state index in [4.69, 9.17) is 9.72 Å². The Labute approximate surface area is 185 Å². The van der Waals surface area contributed by atoms with E-state index < -0.39 is 0 Å². The number of piperidine rings is 1. The minimum atomic E-state index is 0.451. The molecule has 4 heterocycles. The highest BCUT2D eigenvalue weighted by Gasteiger charge is 2.20. The summed E-state index contributed by atoms with van der Waals surface area (Å²) in [7, 11) is 3.87. The Bertz CT molecular complexity index is 1210. The molecule has 1 N–H and O–H groups in total. The Hall–Kier alpha value is -2.97. The zero-order valence-electron chi connectivity index (χ0n) is 18.0. The van der Waals surface area contributed by atoms with E-state index in [9.17, 15) is 0 Å². The van der Waals surface area contributed by atoms with Crippen LogP contribution in [0.1, 0.15) is 23.8 Å². The van der Waals surface area contributed by atoms with Gasteiger partial charge < -0.3 is 15.0 Å². The average Bonchev–Trinajstić information content (AvgIpc) is 3.37. The van der Waals surface area contributed by atoms with Crippen molar-refractivity contribution in [2.24, 2.45) is 0 Å². The summed E-state index contributed by atoms with van der Waals surface area (Å²) >= 11 is 1.70. The molecule has 3 aromatic heterocycles. The molecule has 0 unspecified atom stereocenters. The van der Waals surface area contributed by atoms with Crippen LogP contribution < -0.4 is 10.1 Å². The number of thiophene rings is 1. The van der Waals surface area contributed by atoms with E-state index >= 15 is 0 Å². The van der Waals surface area contributed by atoms with E-state index in [0.29, 0.717) is 12.0 Å². The zero-order chi connectivity index (χ0) is 21.4. The van der Waals surface area contributed by atoms with Gasteiger partial charge >= 0.3 is 0 Å². The molecule has 1 saturated heterocycles. The number of hydrogen-bond acceptors (Lipinski definition) is 7. The van der Waals surface area contributed by atoms with Gasteiger partial charge in [-0.05, 0) is 46.0 Å². The lowest BCUT2D eigenvalue weighted by Crippen LogP contribution is -2.31. The third-order valence-electron chi connectivity index (χ3n) is 5.90. The molecule has 1 aromatic carbocycles.